The molecule has 20 heavy (non-hydrogen) atoms. The molecule has 1 aliphatic rings. The lowest BCUT2D eigenvalue weighted by Gasteiger charge is -2.43. The number of phosphoric acid groups is 1. The van der Waals surface area contributed by atoms with Crippen molar-refractivity contribution in [3.63, 3.8) is 0 Å². The van der Waals surface area contributed by atoms with Gasteiger partial charge in [0.2, 0.25) is 5.91 Å². The number of aliphatic hydroxyl groups is 3. The van der Waals surface area contributed by atoms with Crippen LogP contribution >= 0.6 is 7.82 Å². The maximum Gasteiger partial charge on any atom is 0.470 e. The highest BCUT2D eigenvalue weighted by Crippen LogP contribution is 2.41. The Hall–Kier alpha value is -0.580. The van der Waals surface area contributed by atoms with Gasteiger partial charge in [0.05, 0.1) is 19.3 Å². The normalized spacial score (nSPS) is 34.8. The van der Waals surface area contributed by atoms with Gasteiger partial charge in [0.15, 0.2) is 0 Å². The van der Waals surface area contributed by atoms with Crippen molar-refractivity contribution in [2.75, 3.05) is 13.2 Å². The Morgan fingerprint density at radius 1 is 1.30 bits per heavy atom. The van der Waals surface area contributed by atoms with Crippen LogP contribution in [-0.2, 0) is 18.6 Å². The number of aliphatic hydroxyl groups excluding tert-OH is 3. The Labute approximate surface area is 114 Å². The summed E-state index contributed by atoms with van der Waals surface area (Å²) >= 11 is 0. The van der Waals surface area contributed by atoms with Crippen LogP contribution in [0, 0.1) is 0 Å². The van der Waals surface area contributed by atoms with Gasteiger partial charge in [-0.15, -0.1) is 0 Å². The second kappa shape index (κ2) is 6.92. The molecule has 0 aromatic rings. The largest absolute Gasteiger partial charge is 0.470 e. The lowest BCUT2D eigenvalue weighted by atomic mass is 9.93. The summed E-state index contributed by atoms with van der Waals surface area (Å²) in [6, 6.07) is -1.13. The lowest BCUT2D eigenvalue weighted by Crippen LogP contribution is -2.65. The number of phosphoric ester groups is 1. The highest BCUT2D eigenvalue weighted by atomic mass is 31.2. The highest BCUT2D eigenvalue weighted by Gasteiger charge is 2.48. The molecule has 0 aromatic carbocycles. The number of carbonyl (C=O) groups is 1. The molecule has 118 valence electrons. The monoisotopic (exact) mass is 315 g/mol. The molecule has 1 aliphatic heterocycles. The minimum absolute atomic E-state index is 0.534. The quantitative estimate of drug-likeness (QED) is 0.291. The molecule has 1 rings (SSSR count). The molecule has 0 aliphatic carbocycles. The molecule has 0 radical (unpaired) electrons. The van der Waals surface area contributed by atoms with Gasteiger partial charge < -0.3 is 35.2 Å². The second-order valence-electron chi connectivity index (χ2n) is 4.36. The van der Waals surface area contributed by atoms with E-state index in [2.05, 4.69) is 9.84 Å². The molecular weight excluding hydrogens is 297 g/mol. The third-order valence-corrected chi connectivity index (χ3v) is 3.33. The van der Waals surface area contributed by atoms with E-state index in [1.165, 1.54) is 0 Å². The third-order valence-electron chi connectivity index (χ3n) is 2.81. The maximum absolute atomic E-state index is 11.1. The molecule has 0 aromatic heterocycles. The molecule has 5 atom stereocenters. The van der Waals surface area contributed by atoms with Gasteiger partial charge in [-0.1, -0.05) is 0 Å². The van der Waals surface area contributed by atoms with Crippen LogP contribution in [0.2, 0.25) is 0 Å². The molecule has 10 nitrogen and oxygen atoms in total. The second-order valence-corrected chi connectivity index (χ2v) is 5.55. The average molecular weight is 315 g/mol. The maximum atomic E-state index is 11.1. The van der Waals surface area contributed by atoms with Gasteiger partial charge in [0, 0.05) is 6.92 Å². The van der Waals surface area contributed by atoms with E-state index in [4.69, 9.17) is 24.7 Å². The van der Waals surface area contributed by atoms with Crippen molar-refractivity contribution in [1.82, 2.24) is 5.32 Å². The van der Waals surface area contributed by atoms with Gasteiger partial charge >= 0.3 is 7.82 Å². The first-order chi connectivity index (χ1) is 9.19. The molecule has 1 fully saturated rings. The van der Waals surface area contributed by atoms with Crippen molar-refractivity contribution < 1.29 is 43.7 Å². The molecule has 0 bridgehead atoms. The Morgan fingerprint density at radius 2 is 1.85 bits per heavy atom. The fourth-order valence-electron chi connectivity index (χ4n) is 2.04. The summed E-state index contributed by atoms with van der Waals surface area (Å²) in [5.74, 6) is -0.534. The summed E-state index contributed by atoms with van der Waals surface area (Å²) in [6.07, 6.45) is -5.42. The van der Waals surface area contributed by atoms with Crippen molar-refractivity contribution >= 4 is 13.7 Å². The molecule has 1 heterocycles. The number of carbonyl (C=O) groups excluding carboxylic acids is 1. The van der Waals surface area contributed by atoms with E-state index < -0.39 is 57.4 Å². The highest BCUT2D eigenvalue weighted by molar-refractivity contribution is 7.46. The van der Waals surface area contributed by atoms with Crippen LogP contribution in [0.1, 0.15) is 6.92 Å². The van der Waals surface area contributed by atoms with Crippen molar-refractivity contribution in [3.05, 3.63) is 0 Å². The number of nitrogens with one attached hydrogen (secondary N) is 1. The molecule has 11 heteroatoms. The van der Waals surface area contributed by atoms with Crippen molar-refractivity contribution in [2.45, 2.75) is 37.4 Å². The minimum Gasteiger partial charge on any atom is -0.394 e. The predicted molar refractivity (Wildman–Crippen MR) is 63.4 cm³/mol. The van der Waals surface area contributed by atoms with E-state index in [-0.39, 0.29) is 0 Å². The first-order valence-corrected chi connectivity index (χ1v) is 7.29. The van der Waals surface area contributed by atoms with E-state index in [1.807, 2.05) is 0 Å². The van der Waals surface area contributed by atoms with Crippen molar-refractivity contribution in [3.8, 4) is 0 Å². The fraction of sp³-hybridized carbons (Fsp3) is 0.889. The summed E-state index contributed by atoms with van der Waals surface area (Å²) in [4.78, 5) is 28.7. The number of rotatable bonds is 5. The zero-order chi connectivity index (χ0) is 15.5. The van der Waals surface area contributed by atoms with Crippen LogP contribution in [0.25, 0.3) is 0 Å². The third kappa shape index (κ3) is 4.47. The smallest absolute Gasteiger partial charge is 0.394 e. The van der Waals surface area contributed by atoms with E-state index in [1.54, 1.807) is 0 Å². The van der Waals surface area contributed by atoms with E-state index >= 15 is 0 Å². The lowest BCUT2D eigenvalue weighted by molar-refractivity contribution is -0.198. The summed E-state index contributed by atoms with van der Waals surface area (Å²) in [7, 11) is -4.94. The van der Waals surface area contributed by atoms with Crippen molar-refractivity contribution in [2.24, 2.45) is 0 Å². The standard InChI is InChI=1S/C9H18NO9P/c1-4(13)10-7-5(2-11)18-6(3-12)9(8(7)14)19-20(15,16)17/h5-9,11-12,14H,2-3H2,1H3,(H,10,13)(H2,15,16,17)/t5-,6?,7?,8?,9+/m0/s1. The van der Waals surface area contributed by atoms with E-state index in [0.29, 0.717) is 0 Å². The zero-order valence-corrected chi connectivity index (χ0v) is 11.5. The Kier molecular flexibility index (Phi) is 6.05. The van der Waals surface area contributed by atoms with Gasteiger partial charge in [-0.2, -0.15) is 0 Å². The van der Waals surface area contributed by atoms with Crippen LogP contribution in [0.3, 0.4) is 0 Å². The van der Waals surface area contributed by atoms with E-state index in [0.717, 1.165) is 6.92 Å². The van der Waals surface area contributed by atoms with Crippen LogP contribution in [0.4, 0.5) is 0 Å². The molecule has 1 saturated heterocycles. The van der Waals surface area contributed by atoms with Gasteiger partial charge in [-0.3, -0.25) is 9.32 Å². The summed E-state index contributed by atoms with van der Waals surface area (Å²) in [5.41, 5.74) is 0. The van der Waals surface area contributed by atoms with Gasteiger partial charge in [0.1, 0.15) is 24.4 Å². The Morgan fingerprint density at radius 3 is 2.25 bits per heavy atom. The van der Waals surface area contributed by atoms with Gasteiger partial charge in [-0.25, -0.2) is 4.57 Å². The molecular formula is C9H18NO9P. The Bertz CT molecular complexity index is 386. The Balaban J connectivity index is 2.97. The SMILES string of the molecule is CC(=O)NC1C(O)[C@H](OP(=O)(O)O)C(CO)O[C@H]1CO. The van der Waals surface area contributed by atoms with Gasteiger partial charge in [0.25, 0.3) is 0 Å². The van der Waals surface area contributed by atoms with Crippen molar-refractivity contribution in [1.29, 1.82) is 0 Å². The van der Waals surface area contributed by atoms with Crippen LogP contribution in [0.5, 0.6) is 0 Å². The van der Waals surface area contributed by atoms with Crippen LogP contribution in [-0.4, -0.2) is 74.7 Å². The van der Waals surface area contributed by atoms with Crippen LogP contribution < -0.4 is 5.32 Å². The van der Waals surface area contributed by atoms with Gasteiger partial charge in [-0.05, 0) is 0 Å². The first-order valence-electron chi connectivity index (χ1n) is 5.76. The number of hydrogen-bond donors (Lipinski definition) is 6. The molecule has 0 saturated carbocycles. The number of hydrogen-bond acceptors (Lipinski definition) is 7. The summed E-state index contributed by atoms with van der Waals surface area (Å²) < 4.78 is 20.5. The first kappa shape index (κ1) is 17.5. The molecule has 1 amide bonds. The summed E-state index contributed by atoms with van der Waals surface area (Å²) in [5, 5.41) is 30.6. The van der Waals surface area contributed by atoms with E-state index in [9.17, 15) is 14.5 Å². The number of ether oxygens (including phenoxy) is 1. The average Bonchev–Trinajstić information content (AvgIpc) is 2.32. The van der Waals surface area contributed by atoms with Crippen LogP contribution in [0.15, 0.2) is 0 Å². The molecule has 0 spiro atoms. The molecule has 6 N–H and O–H groups in total. The molecule has 3 unspecified atom stereocenters. The minimum atomic E-state index is -4.94. The fourth-order valence-corrected chi connectivity index (χ4v) is 2.61. The number of amides is 1. The zero-order valence-electron chi connectivity index (χ0n) is 10.6. The predicted octanol–water partition coefficient (Wildman–Crippen LogP) is -2.92. The topological polar surface area (TPSA) is 166 Å². The summed E-state index contributed by atoms with van der Waals surface area (Å²) in [6.45, 7) is -0.0930.